The van der Waals surface area contributed by atoms with Crippen LogP contribution in [0.25, 0.3) is 0 Å². The third-order valence-corrected chi connectivity index (χ3v) is 6.61. The molecule has 1 saturated carbocycles. The molecule has 1 aliphatic heterocycles. The molecule has 1 aliphatic carbocycles. The molecule has 1 heterocycles. The second kappa shape index (κ2) is 5.10. The van der Waals surface area contributed by atoms with Crippen LogP contribution in [0.2, 0.25) is 0 Å². The minimum absolute atomic E-state index is 0.155. The number of carboxylic acids is 1. The Bertz CT molecular complexity index is 653. The number of aliphatic carboxylic acids is 1. The smallest absolute Gasteiger partial charge is 0.322 e. The Balaban J connectivity index is 2.02. The molecule has 6 heteroatoms. The highest BCUT2D eigenvalue weighted by Gasteiger charge is 2.52. The fourth-order valence-corrected chi connectivity index (χ4v) is 5.51. The second-order valence-electron chi connectivity index (χ2n) is 6.00. The van der Waals surface area contributed by atoms with E-state index in [2.05, 4.69) is 0 Å². The monoisotopic (exact) mass is 309 g/mol. The minimum Gasteiger partial charge on any atom is -0.480 e. The maximum absolute atomic E-state index is 12.9. The first-order valence-corrected chi connectivity index (χ1v) is 8.68. The number of benzene rings is 1. The lowest BCUT2D eigenvalue weighted by atomic mass is 10.0. The van der Waals surface area contributed by atoms with E-state index in [1.54, 1.807) is 24.3 Å². The van der Waals surface area contributed by atoms with Crippen molar-refractivity contribution in [1.82, 2.24) is 4.31 Å². The van der Waals surface area contributed by atoms with Crippen molar-refractivity contribution in [2.24, 2.45) is 5.92 Å². The fourth-order valence-electron chi connectivity index (χ4n) is 3.64. The third kappa shape index (κ3) is 2.36. The highest BCUT2D eigenvalue weighted by atomic mass is 32.2. The lowest BCUT2D eigenvalue weighted by Crippen LogP contribution is -2.44. The molecule has 1 N–H and O–H groups in total. The molecule has 1 aromatic rings. The van der Waals surface area contributed by atoms with E-state index in [0.29, 0.717) is 6.42 Å². The van der Waals surface area contributed by atoms with Gasteiger partial charge in [0.1, 0.15) is 6.04 Å². The second-order valence-corrected chi connectivity index (χ2v) is 7.84. The summed E-state index contributed by atoms with van der Waals surface area (Å²) in [7, 11) is -3.75. The summed E-state index contributed by atoms with van der Waals surface area (Å²) in [5.41, 5.74) is 0.976. The number of carbonyl (C=O) groups is 1. The van der Waals surface area contributed by atoms with Crippen LogP contribution < -0.4 is 0 Å². The molecule has 2 fully saturated rings. The van der Waals surface area contributed by atoms with Gasteiger partial charge in [0.2, 0.25) is 10.0 Å². The van der Waals surface area contributed by atoms with Crippen molar-refractivity contribution in [3.63, 3.8) is 0 Å². The van der Waals surface area contributed by atoms with Gasteiger partial charge < -0.3 is 5.11 Å². The number of hydrogen-bond donors (Lipinski definition) is 1. The quantitative estimate of drug-likeness (QED) is 0.927. The molecular weight excluding hydrogens is 290 g/mol. The number of nitrogens with zero attached hydrogens (tertiary/aromatic N) is 1. The summed E-state index contributed by atoms with van der Waals surface area (Å²) in [6.07, 6.45) is 3.10. The number of sulfonamides is 1. The van der Waals surface area contributed by atoms with Gasteiger partial charge in [-0.2, -0.15) is 4.31 Å². The van der Waals surface area contributed by atoms with E-state index in [0.717, 1.165) is 24.8 Å². The Hall–Kier alpha value is -1.40. The van der Waals surface area contributed by atoms with Gasteiger partial charge in [-0.15, -0.1) is 0 Å². The van der Waals surface area contributed by atoms with E-state index in [1.165, 1.54) is 4.31 Å². The van der Waals surface area contributed by atoms with Crippen LogP contribution in [0.3, 0.4) is 0 Å². The normalized spacial score (nSPS) is 29.5. The number of fused-ring (bicyclic) bond motifs is 1. The summed E-state index contributed by atoms with van der Waals surface area (Å²) >= 11 is 0. The van der Waals surface area contributed by atoms with Gasteiger partial charge in [-0.1, -0.05) is 24.1 Å². The SMILES string of the molecule is Cc1ccc(S(=O)(=O)N2C(C(=O)O)CC3CCCC32)cc1. The van der Waals surface area contributed by atoms with Crippen LogP contribution >= 0.6 is 0 Å². The molecule has 3 rings (SSSR count). The first kappa shape index (κ1) is 14.5. The van der Waals surface area contributed by atoms with Crippen LogP contribution in [0, 0.1) is 12.8 Å². The molecule has 0 aromatic heterocycles. The average molecular weight is 309 g/mol. The molecule has 3 unspecified atom stereocenters. The van der Waals surface area contributed by atoms with Crippen LogP contribution in [0.4, 0.5) is 0 Å². The van der Waals surface area contributed by atoms with Crippen LogP contribution in [0.1, 0.15) is 31.2 Å². The van der Waals surface area contributed by atoms with E-state index in [1.807, 2.05) is 6.92 Å². The number of aryl methyl sites for hydroxylation is 1. The Morgan fingerprint density at radius 3 is 2.52 bits per heavy atom. The van der Waals surface area contributed by atoms with Crippen molar-refractivity contribution in [1.29, 1.82) is 0 Å². The maximum atomic E-state index is 12.9. The summed E-state index contributed by atoms with van der Waals surface area (Å²) in [5, 5.41) is 9.39. The molecule has 2 aliphatic rings. The lowest BCUT2D eigenvalue weighted by Gasteiger charge is -2.26. The Kier molecular flexibility index (Phi) is 3.53. The number of hydrogen-bond acceptors (Lipinski definition) is 3. The van der Waals surface area contributed by atoms with E-state index >= 15 is 0 Å². The average Bonchev–Trinajstić information content (AvgIpc) is 2.98. The van der Waals surface area contributed by atoms with Gasteiger partial charge in [-0.25, -0.2) is 8.42 Å². The van der Waals surface area contributed by atoms with E-state index in [4.69, 9.17) is 0 Å². The van der Waals surface area contributed by atoms with Crippen molar-refractivity contribution < 1.29 is 18.3 Å². The van der Waals surface area contributed by atoms with Crippen molar-refractivity contribution >= 4 is 16.0 Å². The summed E-state index contributed by atoms with van der Waals surface area (Å²) in [4.78, 5) is 11.7. The highest BCUT2D eigenvalue weighted by Crippen LogP contribution is 2.44. The number of carboxylic acid groups (broad SMARTS) is 1. The molecule has 0 radical (unpaired) electrons. The highest BCUT2D eigenvalue weighted by molar-refractivity contribution is 7.89. The zero-order valence-corrected chi connectivity index (χ0v) is 12.7. The zero-order valence-electron chi connectivity index (χ0n) is 11.9. The van der Waals surface area contributed by atoms with Crippen molar-refractivity contribution in [2.45, 2.75) is 49.6 Å². The minimum atomic E-state index is -3.75. The molecule has 1 aromatic carbocycles. The zero-order chi connectivity index (χ0) is 15.2. The third-order valence-electron chi connectivity index (χ3n) is 4.66. The molecular formula is C15H19NO4S. The molecule has 0 bridgehead atoms. The first-order chi connectivity index (χ1) is 9.91. The molecule has 0 spiro atoms. The Morgan fingerprint density at radius 1 is 1.24 bits per heavy atom. The van der Waals surface area contributed by atoms with Crippen LogP contribution in [-0.2, 0) is 14.8 Å². The van der Waals surface area contributed by atoms with Gasteiger partial charge in [-0.05, 0) is 44.2 Å². The molecule has 5 nitrogen and oxygen atoms in total. The van der Waals surface area contributed by atoms with E-state index in [9.17, 15) is 18.3 Å². The van der Waals surface area contributed by atoms with Gasteiger partial charge in [0.25, 0.3) is 0 Å². The van der Waals surface area contributed by atoms with Crippen LogP contribution in [-0.4, -0.2) is 35.9 Å². The first-order valence-electron chi connectivity index (χ1n) is 7.24. The van der Waals surface area contributed by atoms with Gasteiger partial charge >= 0.3 is 5.97 Å². The number of rotatable bonds is 3. The fraction of sp³-hybridized carbons (Fsp3) is 0.533. The topological polar surface area (TPSA) is 74.7 Å². The predicted octanol–water partition coefficient (Wildman–Crippen LogP) is 2.01. The van der Waals surface area contributed by atoms with Crippen molar-refractivity contribution in [3.05, 3.63) is 29.8 Å². The van der Waals surface area contributed by atoms with E-state index in [-0.39, 0.29) is 16.9 Å². The summed E-state index contributed by atoms with van der Waals surface area (Å²) in [5.74, 6) is -0.855. The Labute approximate surface area is 124 Å². The molecule has 0 amide bonds. The molecule has 114 valence electrons. The summed E-state index contributed by atoms with van der Waals surface area (Å²) < 4.78 is 27.0. The molecule has 1 saturated heterocycles. The van der Waals surface area contributed by atoms with Gasteiger partial charge in [0.05, 0.1) is 4.90 Å². The summed E-state index contributed by atoms with van der Waals surface area (Å²) in [6.45, 7) is 1.89. The molecule has 3 atom stereocenters. The maximum Gasteiger partial charge on any atom is 0.322 e. The lowest BCUT2D eigenvalue weighted by molar-refractivity contribution is -0.141. The van der Waals surface area contributed by atoms with Crippen LogP contribution in [0.5, 0.6) is 0 Å². The van der Waals surface area contributed by atoms with Gasteiger partial charge in [-0.3, -0.25) is 4.79 Å². The van der Waals surface area contributed by atoms with Crippen LogP contribution in [0.15, 0.2) is 29.2 Å². The van der Waals surface area contributed by atoms with E-state index < -0.39 is 22.0 Å². The predicted molar refractivity (Wildman–Crippen MR) is 77.4 cm³/mol. The largest absolute Gasteiger partial charge is 0.480 e. The standard InChI is InChI=1S/C15H19NO4S/c1-10-5-7-12(8-6-10)21(19,20)16-13-4-2-3-11(13)9-14(16)15(17)18/h5-8,11,13-14H,2-4,9H2,1H3,(H,17,18). The summed E-state index contributed by atoms with van der Waals surface area (Å²) in [6, 6.07) is 5.52. The van der Waals surface area contributed by atoms with Crippen molar-refractivity contribution in [3.8, 4) is 0 Å². The Morgan fingerprint density at radius 2 is 1.90 bits per heavy atom. The van der Waals surface area contributed by atoms with Gasteiger partial charge in [0.15, 0.2) is 0 Å². The van der Waals surface area contributed by atoms with Gasteiger partial charge in [0, 0.05) is 6.04 Å². The molecule has 21 heavy (non-hydrogen) atoms. The van der Waals surface area contributed by atoms with Crippen molar-refractivity contribution in [2.75, 3.05) is 0 Å².